The molecule has 5 nitrogen and oxygen atoms in total. The smallest absolute Gasteiger partial charge is 0.327 e. The van der Waals surface area contributed by atoms with Crippen molar-refractivity contribution < 1.29 is 19.1 Å². The molecule has 1 saturated heterocycles. The van der Waals surface area contributed by atoms with Crippen LogP contribution in [0.1, 0.15) is 40.5 Å². The number of nitriles is 1. The Kier molecular flexibility index (Phi) is 2.89. The molecule has 0 amide bonds. The first kappa shape index (κ1) is 14.4. The van der Waals surface area contributed by atoms with Gasteiger partial charge in [-0.3, -0.25) is 9.59 Å². The van der Waals surface area contributed by atoms with Crippen molar-refractivity contribution in [2.75, 3.05) is 0 Å². The van der Waals surface area contributed by atoms with Crippen LogP contribution in [0.3, 0.4) is 0 Å². The van der Waals surface area contributed by atoms with Gasteiger partial charge < -0.3 is 9.47 Å². The first-order chi connectivity index (χ1) is 9.78. The minimum Gasteiger partial charge on any atom is -0.458 e. The van der Waals surface area contributed by atoms with Gasteiger partial charge in [-0.15, -0.1) is 0 Å². The van der Waals surface area contributed by atoms with E-state index in [0.717, 1.165) is 0 Å². The van der Waals surface area contributed by atoms with Crippen LogP contribution in [0.15, 0.2) is 0 Å². The highest BCUT2D eigenvalue weighted by Gasteiger charge is 2.75. The third-order valence-electron chi connectivity index (χ3n) is 5.95. The monoisotopic (exact) mass is 291 g/mol. The number of ether oxygens (including phenoxy) is 2. The second-order valence-electron chi connectivity index (χ2n) is 7.31. The van der Waals surface area contributed by atoms with Crippen LogP contribution in [0.5, 0.6) is 0 Å². The van der Waals surface area contributed by atoms with Gasteiger partial charge in [-0.05, 0) is 32.6 Å². The van der Waals surface area contributed by atoms with E-state index in [-0.39, 0.29) is 23.7 Å². The lowest BCUT2D eigenvalue weighted by Crippen LogP contribution is -2.42. The van der Waals surface area contributed by atoms with Crippen molar-refractivity contribution >= 4 is 11.9 Å². The molecule has 1 aliphatic heterocycles. The zero-order valence-electron chi connectivity index (χ0n) is 12.9. The molecule has 5 unspecified atom stereocenters. The van der Waals surface area contributed by atoms with Gasteiger partial charge in [0.15, 0.2) is 5.41 Å². The Hall–Kier alpha value is -1.57. The van der Waals surface area contributed by atoms with E-state index in [4.69, 9.17) is 9.47 Å². The maximum absolute atomic E-state index is 12.3. The number of esters is 2. The van der Waals surface area contributed by atoms with Crippen LogP contribution in [-0.2, 0) is 19.1 Å². The topological polar surface area (TPSA) is 76.4 Å². The molecule has 3 rings (SSSR count). The quantitative estimate of drug-likeness (QED) is 0.744. The zero-order valence-corrected chi connectivity index (χ0v) is 12.9. The lowest BCUT2D eigenvalue weighted by Gasteiger charge is -2.30. The third kappa shape index (κ3) is 1.62. The van der Waals surface area contributed by atoms with Crippen molar-refractivity contribution in [2.24, 2.45) is 28.6 Å². The SMILES string of the molecule is CCC(C)(C)C(=O)OC1C2OC(=O)C3(C#N)CC1[C@H](C)C23. The summed E-state index contributed by atoms with van der Waals surface area (Å²) in [5.41, 5.74) is -1.54. The van der Waals surface area contributed by atoms with E-state index in [2.05, 4.69) is 6.07 Å². The summed E-state index contributed by atoms with van der Waals surface area (Å²) in [7, 11) is 0. The summed E-state index contributed by atoms with van der Waals surface area (Å²) in [6.45, 7) is 7.68. The Labute approximate surface area is 124 Å². The number of rotatable bonds is 3. The minimum atomic E-state index is -1.00. The Morgan fingerprint density at radius 2 is 2.24 bits per heavy atom. The van der Waals surface area contributed by atoms with Crippen molar-refractivity contribution in [3.05, 3.63) is 0 Å². The Balaban J connectivity index is 1.85. The van der Waals surface area contributed by atoms with E-state index in [1.807, 2.05) is 27.7 Å². The average molecular weight is 291 g/mol. The molecule has 2 saturated carbocycles. The fraction of sp³-hybridized carbons (Fsp3) is 0.812. The summed E-state index contributed by atoms with van der Waals surface area (Å²) in [6.07, 6.45) is 0.308. The van der Waals surface area contributed by atoms with Crippen molar-refractivity contribution in [1.29, 1.82) is 5.26 Å². The van der Waals surface area contributed by atoms with Crippen molar-refractivity contribution in [3.63, 3.8) is 0 Å². The van der Waals surface area contributed by atoms with Crippen LogP contribution >= 0.6 is 0 Å². The van der Waals surface area contributed by atoms with Gasteiger partial charge in [-0.25, -0.2) is 0 Å². The molecule has 2 bridgehead atoms. The summed E-state index contributed by atoms with van der Waals surface area (Å²) in [4.78, 5) is 24.4. The predicted molar refractivity (Wildman–Crippen MR) is 72.6 cm³/mol. The maximum Gasteiger partial charge on any atom is 0.327 e. The van der Waals surface area contributed by atoms with Crippen LogP contribution in [0.4, 0.5) is 0 Å². The minimum absolute atomic E-state index is 0.0442. The van der Waals surface area contributed by atoms with Crippen molar-refractivity contribution in [3.8, 4) is 6.07 Å². The van der Waals surface area contributed by atoms with E-state index in [1.54, 1.807) is 0 Å². The Morgan fingerprint density at radius 3 is 2.81 bits per heavy atom. The molecule has 3 aliphatic rings. The Bertz CT molecular complexity index is 549. The van der Waals surface area contributed by atoms with Crippen molar-refractivity contribution in [1.82, 2.24) is 0 Å². The largest absolute Gasteiger partial charge is 0.458 e. The van der Waals surface area contributed by atoms with E-state index in [1.165, 1.54) is 0 Å². The standard InChI is InChI=1S/C16H21NO4/c1-5-15(3,4)13(18)20-11-9-6-16(7-17)10(8(9)2)12(11)21-14(16)19/h8-12H,5-6H2,1-4H3/t8-,9?,10?,11?,12?,16?/m0/s1. The fourth-order valence-corrected chi connectivity index (χ4v) is 4.19. The molecule has 0 spiro atoms. The number of carbonyl (C=O) groups is 2. The highest BCUT2D eigenvalue weighted by molar-refractivity contribution is 5.85. The highest BCUT2D eigenvalue weighted by Crippen LogP contribution is 2.65. The molecule has 2 aliphatic carbocycles. The third-order valence-corrected chi connectivity index (χ3v) is 5.95. The molecule has 6 atom stereocenters. The Morgan fingerprint density at radius 1 is 1.57 bits per heavy atom. The maximum atomic E-state index is 12.3. The van der Waals surface area contributed by atoms with Crippen molar-refractivity contribution in [2.45, 2.75) is 52.7 Å². The van der Waals surface area contributed by atoms with Gasteiger partial charge >= 0.3 is 11.9 Å². The van der Waals surface area contributed by atoms with Gasteiger partial charge in [0.05, 0.1) is 11.5 Å². The first-order valence-corrected chi connectivity index (χ1v) is 7.62. The van der Waals surface area contributed by atoms with E-state index < -0.39 is 29.0 Å². The van der Waals surface area contributed by atoms with Crippen LogP contribution in [-0.4, -0.2) is 24.1 Å². The second-order valence-corrected chi connectivity index (χ2v) is 7.31. The second kappa shape index (κ2) is 4.22. The van der Waals surface area contributed by atoms with Gasteiger partial charge in [0.1, 0.15) is 12.2 Å². The lowest BCUT2D eigenvalue weighted by atomic mass is 9.74. The molecule has 114 valence electrons. The van der Waals surface area contributed by atoms with E-state index >= 15 is 0 Å². The van der Waals surface area contributed by atoms with Gasteiger partial charge in [0.25, 0.3) is 0 Å². The van der Waals surface area contributed by atoms with Crippen LogP contribution in [0.25, 0.3) is 0 Å². The summed E-state index contributed by atoms with van der Waals surface area (Å²) in [5.74, 6) is -0.600. The number of carbonyl (C=O) groups excluding carboxylic acids is 2. The van der Waals surface area contributed by atoms with E-state index in [0.29, 0.717) is 12.8 Å². The molecule has 5 heteroatoms. The molecule has 0 aromatic carbocycles. The normalized spacial score (nSPS) is 43.6. The number of fused-ring (bicyclic) bond motifs is 1. The molecule has 1 heterocycles. The number of nitrogens with zero attached hydrogens (tertiary/aromatic N) is 1. The summed E-state index contributed by atoms with van der Waals surface area (Å²) < 4.78 is 11.1. The molecule has 3 fully saturated rings. The number of hydrogen-bond acceptors (Lipinski definition) is 5. The van der Waals surface area contributed by atoms with Crippen LogP contribution < -0.4 is 0 Å². The fourth-order valence-electron chi connectivity index (χ4n) is 4.19. The summed E-state index contributed by atoms with van der Waals surface area (Å²) in [5, 5.41) is 9.43. The first-order valence-electron chi connectivity index (χ1n) is 7.62. The highest BCUT2D eigenvalue weighted by atomic mass is 16.6. The van der Waals surface area contributed by atoms with Gasteiger partial charge in [-0.1, -0.05) is 13.8 Å². The van der Waals surface area contributed by atoms with Crippen LogP contribution in [0.2, 0.25) is 0 Å². The van der Waals surface area contributed by atoms with Crippen LogP contribution in [0, 0.1) is 39.9 Å². The molecular formula is C16H21NO4. The lowest BCUT2D eigenvalue weighted by molar-refractivity contribution is -0.170. The van der Waals surface area contributed by atoms with Gasteiger partial charge in [0, 0.05) is 11.8 Å². The molecule has 0 radical (unpaired) electrons. The average Bonchev–Trinajstić information content (AvgIpc) is 2.96. The van der Waals surface area contributed by atoms with Gasteiger partial charge in [-0.2, -0.15) is 5.26 Å². The van der Waals surface area contributed by atoms with E-state index in [9.17, 15) is 14.9 Å². The van der Waals surface area contributed by atoms with Gasteiger partial charge in [0.2, 0.25) is 0 Å². The summed E-state index contributed by atoms with van der Waals surface area (Å²) in [6, 6.07) is 2.18. The number of hydrogen-bond donors (Lipinski definition) is 0. The molecule has 0 aromatic heterocycles. The molecule has 21 heavy (non-hydrogen) atoms. The zero-order chi connectivity index (χ0) is 15.6. The molecule has 0 N–H and O–H groups in total. The molecule has 0 aromatic rings. The summed E-state index contributed by atoms with van der Waals surface area (Å²) >= 11 is 0. The molecular weight excluding hydrogens is 270 g/mol. The predicted octanol–water partition coefficient (Wildman–Crippen LogP) is 2.06.